The molecule has 0 radical (unpaired) electrons. The summed E-state index contributed by atoms with van der Waals surface area (Å²) in [7, 11) is 0. The molecule has 13 heavy (non-hydrogen) atoms. The first-order chi connectivity index (χ1) is 6.11. The van der Waals surface area contributed by atoms with Crippen molar-refractivity contribution in [3.05, 3.63) is 24.5 Å². The normalized spacial score (nSPS) is 10.7. The Bertz CT molecular complexity index is 243. The van der Waals surface area contributed by atoms with Gasteiger partial charge in [0.05, 0.1) is 5.57 Å². The second-order valence-corrected chi connectivity index (χ2v) is 2.40. The maximum atomic E-state index is 10.7. The minimum absolute atomic E-state index is 0.303. The molecule has 0 aromatic carbocycles. The zero-order chi connectivity index (χ0) is 10.3. The van der Waals surface area contributed by atoms with Crippen molar-refractivity contribution < 1.29 is 14.3 Å². The molecule has 0 spiro atoms. The number of hydrogen-bond acceptors (Lipinski definition) is 3. The lowest BCUT2D eigenvalue weighted by atomic mass is 10.1. The highest BCUT2D eigenvalue weighted by molar-refractivity contribution is 5.92. The van der Waals surface area contributed by atoms with Crippen LogP contribution in [0.15, 0.2) is 24.5 Å². The summed E-state index contributed by atoms with van der Waals surface area (Å²) < 4.78 is 4.55. The number of ether oxygens (including phenoxy) is 1. The molecule has 2 N–H and O–H groups in total. The Labute approximate surface area is 77.1 Å². The van der Waals surface area contributed by atoms with Crippen molar-refractivity contribution in [3.63, 3.8) is 0 Å². The number of carbonyl (C=O) groups excluding carboxylic acids is 2. The predicted octanol–water partition coefficient (Wildman–Crippen LogP) is 0.885. The molecule has 0 rings (SSSR count). The predicted molar refractivity (Wildman–Crippen MR) is 48.5 cm³/mol. The fourth-order valence-electron chi connectivity index (χ4n) is 0.687. The summed E-state index contributed by atoms with van der Waals surface area (Å²) >= 11 is 0. The zero-order valence-corrected chi connectivity index (χ0v) is 7.58. The highest BCUT2D eigenvalue weighted by atomic mass is 16.5. The van der Waals surface area contributed by atoms with E-state index in [2.05, 4.69) is 11.3 Å². The van der Waals surface area contributed by atoms with Crippen LogP contribution in [0.3, 0.4) is 0 Å². The molecule has 72 valence electrons. The lowest BCUT2D eigenvalue weighted by molar-refractivity contribution is -0.132. The topological polar surface area (TPSA) is 69.4 Å². The molecule has 0 aromatic heterocycles. The zero-order valence-electron chi connectivity index (χ0n) is 7.58. The van der Waals surface area contributed by atoms with E-state index in [4.69, 9.17) is 5.73 Å². The Morgan fingerprint density at radius 2 is 2.15 bits per heavy atom. The van der Waals surface area contributed by atoms with E-state index < -0.39 is 11.9 Å². The molecule has 0 fully saturated rings. The highest BCUT2D eigenvalue weighted by Gasteiger charge is 2.04. The van der Waals surface area contributed by atoms with Gasteiger partial charge in [0.1, 0.15) is 6.26 Å². The van der Waals surface area contributed by atoms with E-state index >= 15 is 0 Å². The smallest absolute Gasteiger partial charge is 0.334 e. The van der Waals surface area contributed by atoms with Crippen LogP contribution in [0.25, 0.3) is 0 Å². The van der Waals surface area contributed by atoms with Crippen molar-refractivity contribution in [1.82, 2.24) is 0 Å². The second-order valence-electron chi connectivity index (χ2n) is 2.40. The molecule has 0 aliphatic heterocycles. The molecule has 4 heteroatoms. The van der Waals surface area contributed by atoms with Gasteiger partial charge in [-0.25, -0.2) is 4.79 Å². The summed E-state index contributed by atoms with van der Waals surface area (Å²) in [6.45, 7) is 5.10. The van der Waals surface area contributed by atoms with Gasteiger partial charge in [-0.1, -0.05) is 19.9 Å². The summed E-state index contributed by atoms with van der Waals surface area (Å²) in [5, 5.41) is 0. The van der Waals surface area contributed by atoms with Gasteiger partial charge in [-0.15, -0.1) is 0 Å². The summed E-state index contributed by atoms with van der Waals surface area (Å²) in [6, 6.07) is 0. The monoisotopic (exact) mass is 183 g/mol. The molecule has 0 aliphatic rings. The molecule has 0 unspecified atom stereocenters. The van der Waals surface area contributed by atoms with Gasteiger partial charge in [0.2, 0.25) is 5.91 Å². The van der Waals surface area contributed by atoms with E-state index in [0.29, 0.717) is 12.0 Å². The SMILES string of the molecule is C=CC(=O)OC=C(CCC)C(N)=O. The molecule has 0 aliphatic carbocycles. The maximum Gasteiger partial charge on any atom is 0.334 e. The fourth-order valence-corrected chi connectivity index (χ4v) is 0.687. The maximum absolute atomic E-state index is 10.7. The minimum atomic E-state index is -0.602. The van der Waals surface area contributed by atoms with E-state index in [0.717, 1.165) is 18.8 Å². The minimum Gasteiger partial charge on any atom is -0.431 e. The summed E-state index contributed by atoms with van der Waals surface area (Å²) in [5.74, 6) is -1.17. The van der Waals surface area contributed by atoms with Crippen LogP contribution in [0.5, 0.6) is 0 Å². The Kier molecular flexibility index (Phi) is 5.27. The third-order valence-electron chi connectivity index (χ3n) is 1.32. The van der Waals surface area contributed by atoms with Gasteiger partial charge in [0.15, 0.2) is 0 Å². The average Bonchev–Trinajstić information content (AvgIpc) is 2.11. The van der Waals surface area contributed by atoms with Crippen LogP contribution in [0, 0.1) is 0 Å². The molecular weight excluding hydrogens is 170 g/mol. The third-order valence-corrected chi connectivity index (χ3v) is 1.32. The highest BCUT2D eigenvalue weighted by Crippen LogP contribution is 2.03. The van der Waals surface area contributed by atoms with E-state index in [1.165, 1.54) is 0 Å². The number of amides is 1. The summed E-state index contributed by atoms with van der Waals surface area (Å²) in [6.07, 6.45) is 3.36. The van der Waals surface area contributed by atoms with Gasteiger partial charge in [-0.3, -0.25) is 4.79 Å². The molecule has 4 nitrogen and oxygen atoms in total. The average molecular weight is 183 g/mol. The van der Waals surface area contributed by atoms with Gasteiger partial charge in [-0.05, 0) is 6.42 Å². The molecule has 0 bridgehead atoms. The molecule has 0 heterocycles. The van der Waals surface area contributed by atoms with Crippen LogP contribution in [-0.4, -0.2) is 11.9 Å². The van der Waals surface area contributed by atoms with Crippen molar-refractivity contribution in [2.45, 2.75) is 19.8 Å². The summed E-state index contributed by atoms with van der Waals surface area (Å²) in [5.41, 5.74) is 5.33. The van der Waals surface area contributed by atoms with E-state index in [-0.39, 0.29) is 0 Å². The first-order valence-corrected chi connectivity index (χ1v) is 3.93. The third kappa shape index (κ3) is 4.79. The Hall–Kier alpha value is -1.58. The van der Waals surface area contributed by atoms with Crippen LogP contribution in [0.4, 0.5) is 0 Å². The fraction of sp³-hybridized carbons (Fsp3) is 0.333. The standard InChI is InChI=1S/C9H13NO3/c1-3-5-7(9(10)12)6-13-8(11)4-2/h4,6H,2-3,5H2,1H3,(H2,10,12). The Morgan fingerprint density at radius 1 is 1.54 bits per heavy atom. The van der Waals surface area contributed by atoms with E-state index in [1.807, 2.05) is 6.92 Å². The van der Waals surface area contributed by atoms with Gasteiger partial charge in [0.25, 0.3) is 0 Å². The first-order valence-electron chi connectivity index (χ1n) is 3.93. The van der Waals surface area contributed by atoms with Crippen molar-refractivity contribution in [2.24, 2.45) is 5.73 Å². The van der Waals surface area contributed by atoms with E-state index in [1.54, 1.807) is 0 Å². The van der Waals surface area contributed by atoms with Gasteiger partial charge >= 0.3 is 5.97 Å². The Morgan fingerprint density at radius 3 is 2.54 bits per heavy atom. The molecule has 0 atom stereocenters. The van der Waals surface area contributed by atoms with Crippen LogP contribution in [0.1, 0.15) is 19.8 Å². The molecular formula is C9H13NO3. The number of primary amides is 1. The van der Waals surface area contributed by atoms with E-state index in [9.17, 15) is 9.59 Å². The lowest BCUT2D eigenvalue weighted by Gasteiger charge is -1.99. The number of hydrogen-bond donors (Lipinski definition) is 1. The quantitative estimate of drug-likeness (QED) is 0.391. The largest absolute Gasteiger partial charge is 0.431 e. The summed E-state index contributed by atoms with van der Waals surface area (Å²) in [4.78, 5) is 21.3. The van der Waals surface area contributed by atoms with Crippen molar-refractivity contribution in [3.8, 4) is 0 Å². The first kappa shape index (κ1) is 11.4. The number of esters is 1. The van der Waals surface area contributed by atoms with Crippen molar-refractivity contribution >= 4 is 11.9 Å². The second kappa shape index (κ2) is 5.99. The van der Waals surface area contributed by atoms with Crippen LogP contribution < -0.4 is 5.73 Å². The lowest BCUT2D eigenvalue weighted by Crippen LogP contribution is -2.14. The van der Waals surface area contributed by atoms with Crippen LogP contribution in [-0.2, 0) is 14.3 Å². The van der Waals surface area contributed by atoms with Gasteiger partial charge in [-0.2, -0.15) is 0 Å². The van der Waals surface area contributed by atoms with Crippen LogP contribution in [0.2, 0.25) is 0 Å². The number of carbonyl (C=O) groups is 2. The molecule has 1 amide bonds. The van der Waals surface area contributed by atoms with Gasteiger partial charge < -0.3 is 10.5 Å². The van der Waals surface area contributed by atoms with Crippen molar-refractivity contribution in [2.75, 3.05) is 0 Å². The Balaban J connectivity index is 4.27. The number of rotatable bonds is 5. The van der Waals surface area contributed by atoms with Crippen molar-refractivity contribution in [1.29, 1.82) is 0 Å². The van der Waals surface area contributed by atoms with Gasteiger partial charge in [0, 0.05) is 6.08 Å². The van der Waals surface area contributed by atoms with Crippen LogP contribution >= 0.6 is 0 Å². The number of nitrogens with two attached hydrogens (primary N) is 1. The molecule has 0 saturated heterocycles. The molecule has 0 saturated carbocycles. The molecule has 0 aromatic rings.